The molecule has 9 heavy (non-hydrogen) atoms. The van der Waals surface area contributed by atoms with Gasteiger partial charge in [-0.2, -0.15) is 0 Å². The lowest BCUT2D eigenvalue weighted by Gasteiger charge is -1.95. The predicted molar refractivity (Wildman–Crippen MR) is 41.4 cm³/mol. The van der Waals surface area contributed by atoms with E-state index in [9.17, 15) is 0 Å². The predicted octanol–water partition coefficient (Wildman–Crippen LogP) is 1.35. The van der Waals surface area contributed by atoms with E-state index in [1.165, 1.54) is 18.9 Å². The van der Waals surface area contributed by atoms with Crippen LogP contribution in [0.5, 0.6) is 0 Å². The van der Waals surface area contributed by atoms with E-state index < -0.39 is 0 Å². The zero-order chi connectivity index (χ0) is 7.28. The molecule has 0 heterocycles. The SMILES string of the molecule is CO/N=C(\SC)C(C)=N. The van der Waals surface area contributed by atoms with Crippen LogP contribution >= 0.6 is 11.8 Å². The number of hydrogen-bond donors (Lipinski definition) is 1. The Morgan fingerprint density at radius 2 is 2.22 bits per heavy atom. The summed E-state index contributed by atoms with van der Waals surface area (Å²) in [7, 11) is 1.47. The summed E-state index contributed by atoms with van der Waals surface area (Å²) in [4.78, 5) is 4.48. The van der Waals surface area contributed by atoms with E-state index in [2.05, 4.69) is 9.99 Å². The number of nitrogens with zero attached hydrogens (tertiary/aromatic N) is 1. The Bertz CT molecular complexity index is 133. The van der Waals surface area contributed by atoms with Crippen LogP contribution in [0.1, 0.15) is 6.92 Å². The number of oxime groups is 1. The molecule has 4 heteroatoms. The summed E-state index contributed by atoms with van der Waals surface area (Å²) >= 11 is 1.40. The van der Waals surface area contributed by atoms with E-state index in [4.69, 9.17) is 5.41 Å². The fraction of sp³-hybridized carbons (Fsp3) is 0.600. The standard InChI is InChI=1S/C5H10N2OS/c1-4(6)5(9-3)7-8-2/h6H,1-3H3/b6-4?,7-5-. The third-order valence-electron chi connectivity index (χ3n) is 0.688. The third kappa shape index (κ3) is 3.13. The second kappa shape index (κ2) is 4.38. The van der Waals surface area contributed by atoms with Crippen LogP contribution in [-0.4, -0.2) is 24.1 Å². The quantitative estimate of drug-likeness (QED) is 0.363. The van der Waals surface area contributed by atoms with Crippen LogP contribution in [0.15, 0.2) is 5.16 Å². The molecule has 3 nitrogen and oxygen atoms in total. The molecular weight excluding hydrogens is 136 g/mol. The van der Waals surface area contributed by atoms with Crippen LogP contribution in [0.25, 0.3) is 0 Å². The molecule has 0 aromatic rings. The Kier molecular flexibility index (Phi) is 4.13. The van der Waals surface area contributed by atoms with Crippen molar-refractivity contribution in [1.82, 2.24) is 0 Å². The maximum atomic E-state index is 7.12. The number of thioether (sulfide) groups is 1. The number of hydrogen-bond acceptors (Lipinski definition) is 4. The summed E-state index contributed by atoms with van der Waals surface area (Å²) in [6.07, 6.45) is 1.86. The smallest absolute Gasteiger partial charge is 0.156 e. The van der Waals surface area contributed by atoms with Crippen molar-refractivity contribution in [2.75, 3.05) is 13.4 Å². The minimum atomic E-state index is 0.435. The fourth-order valence-corrected chi connectivity index (χ4v) is 0.797. The highest BCUT2D eigenvalue weighted by Gasteiger charge is 1.97. The lowest BCUT2D eigenvalue weighted by atomic mass is 10.5. The Morgan fingerprint density at radius 1 is 1.67 bits per heavy atom. The first-order chi connectivity index (χ1) is 4.22. The van der Waals surface area contributed by atoms with Gasteiger partial charge in [-0.25, -0.2) is 0 Å². The Balaban J connectivity index is 3.98. The van der Waals surface area contributed by atoms with Crippen molar-refractivity contribution >= 4 is 22.5 Å². The first-order valence-corrected chi connectivity index (χ1v) is 3.65. The van der Waals surface area contributed by atoms with Gasteiger partial charge >= 0.3 is 0 Å². The molecule has 0 saturated heterocycles. The molecule has 0 spiro atoms. The highest BCUT2D eigenvalue weighted by molar-refractivity contribution is 8.15. The maximum absolute atomic E-state index is 7.12. The molecule has 52 valence electrons. The molecule has 0 atom stereocenters. The van der Waals surface area contributed by atoms with E-state index in [-0.39, 0.29) is 0 Å². The summed E-state index contributed by atoms with van der Waals surface area (Å²) < 4.78 is 0. The van der Waals surface area contributed by atoms with Gasteiger partial charge in [0.15, 0.2) is 5.04 Å². The van der Waals surface area contributed by atoms with Gasteiger partial charge in [0.25, 0.3) is 0 Å². The maximum Gasteiger partial charge on any atom is 0.156 e. The fourth-order valence-electron chi connectivity index (χ4n) is 0.342. The van der Waals surface area contributed by atoms with Gasteiger partial charge in [-0.15, -0.1) is 11.8 Å². The van der Waals surface area contributed by atoms with Gasteiger partial charge < -0.3 is 10.2 Å². The average molecular weight is 146 g/mol. The van der Waals surface area contributed by atoms with Crippen molar-refractivity contribution in [2.45, 2.75) is 6.92 Å². The minimum absolute atomic E-state index is 0.435. The molecule has 0 unspecified atom stereocenters. The molecule has 0 aliphatic rings. The van der Waals surface area contributed by atoms with Crippen LogP contribution in [0, 0.1) is 5.41 Å². The zero-order valence-corrected chi connectivity index (χ0v) is 6.58. The molecule has 0 fully saturated rings. The first kappa shape index (κ1) is 8.49. The molecule has 0 bridgehead atoms. The van der Waals surface area contributed by atoms with E-state index in [1.807, 2.05) is 6.26 Å². The van der Waals surface area contributed by atoms with E-state index in [0.29, 0.717) is 10.8 Å². The van der Waals surface area contributed by atoms with Gasteiger partial charge in [0, 0.05) is 0 Å². The second-order valence-corrected chi connectivity index (χ2v) is 2.20. The Morgan fingerprint density at radius 3 is 2.33 bits per heavy atom. The normalized spacial score (nSPS) is 11.2. The molecule has 0 aromatic carbocycles. The summed E-state index contributed by atoms with van der Waals surface area (Å²) in [6, 6.07) is 0. The van der Waals surface area contributed by atoms with Gasteiger partial charge in [-0.05, 0) is 13.2 Å². The van der Waals surface area contributed by atoms with Crippen molar-refractivity contribution in [3.05, 3.63) is 0 Å². The Labute approximate surface area is 59.0 Å². The van der Waals surface area contributed by atoms with Crippen molar-refractivity contribution in [2.24, 2.45) is 5.16 Å². The molecule has 0 aromatic heterocycles. The molecule has 0 radical (unpaired) electrons. The highest BCUT2D eigenvalue weighted by Crippen LogP contribution is 1.99. The second-order valence-electron chi connectivity index (χ2n) is 1.41. The average Bonchev–Trinajstić information content (AvgIpc) is 1.82. The van der Waals surface area contributed by atoms with E-state index in [0.717, 1.165) is 0 Å². The monoisotopic (exact) mass is 146 g/mol. The lowest BCUT2D eigenvalue weighted by Crippen LogP contribution is -2.03. The van der Waals surface area contributed by atoms with Crippen LogP contribution < -0.4 is 0 Å². The Hall–Kier alpha value is -0.510. The molecule has 0 amide bonds. The zero-order valence-electron chi connectivity index (χ0n) is 5.76. The molecular formula is C5H10N2OS. The van der Waals surface area contributed by atoms with Gasteiger partial charge in [-0.3, -0.25) is 0 Å². The van der Waals surface area contributed by atoms with Crippen molar-refractivity contribution in [1.29, 1.82) is 5.41 Å². The van der Waals surface area contributed by atoms with Crippen LogP contribution in [0.2, 0.25) is 0 Å². The largest absolute Gasteiger partial charge is 0.398 e. The van der Waals surface area contributed by atoms with Crippen LogP contribution in [0.3, 0.4) is 0 Å². The third-order valence-corrected chi connectivity index (χ3v) is 1.46. The van der Waals surface area contributed by atoms with E-state index in [1.54, 1.807) is 6.92 Å². The van der Waals surface area contributed by atoms with E-state index >= 15 is 0 Å². The van der Waals surface area contributed by atoms with Gasteiger partial charge in [0.2, 0.25) is 0 Å². The van der Waals surface area contributed by atoms with Crippen LogP contribution in [0.4, 0.5) is 0 Å². The van der Waals surface area contributed by atoms with Crippen molar-refractivity contribution in [3.63, 3.8) is 0 Å². The first-order valence-electron chi connectivity index (χ1n) is 2.43. The van der Waals surface area contributed by atoms with Gasteiger partial charge in [0.05, 0.1) is 5.71 Å². The molecule has 0 aliphatic carbocycles. The van der Waals surface area contributed by atoms with Gasteiger partial charge in [-0.1, -0.05) is 5.16 Å². The van der Waals surface area contributed by atoms with Crippen LogP contribution in [-0.2, 0) is 4.84 Å². The highest BCUT2D eigenvalue weighted by atomic mass is 32.2. The summed E-state index contributed by atoms with van der Waals surface area (Å²) in [5, 5.41) is 11.3. The van der Waals surface area contributed by atoms with Crippen molar-refractivity contribution in [3.8, 4) is 0 Å². The molecule has 0 rings (SSSR count). The summed E-state index contributed by atoms with van der Waals surface area (Å²) in [5.74, 6) is 0. The van der Waals surface area contributed by atoms with Crippen molar-refractivity contribution < 1.29 is 4.84 Å². The molecule has 1 N–H and O–H groups in total. The van der Waals surface area contributed by atoms with Gasteiger partial charge in [0.1, 0.15) is 7.11 Å². The molecule has 0 saturated carbocycles. The number of nitrogens with one attached hydrogen (secondary N) is 1. The minimum Gasteiger partial charge on any atom is -0.398 e. The lowest BCUT2D eigenvalue weighted by molar-refractivity contribution is 0.215. The summed E-state index contributed by atoms with van der Waals surface area (Å²) in [5.41, 5.74) is 0.435. The summed E-state index contributed by atoms with van der Waals surface area (Å²) in [6.45, 7) is 1.67. The molecule has 0 aliphatic heterocycles. The number of rotatable bonds is 2. The topological polar surface area (TPSA) is 45.4 Å².